The maximum atomic E-state index is 13.4. The predicted molar refractivity (Wildman–Crippen MR) is 115 cm³/mol. The highest BCUT2D eigenvalue weighted by Crippen LogP contribution is 2.29. The van der Waals surface area contributed by atoms with E-state index in [1.165, 1.54) is 12.1 Å². The Hall–Kier alpha value is -3.44. The molecule has 0 radical (unpaired) electrons. The van der Waals surface area contributed by atoms with Crippen molar-refractivity contribution in [2.24, 2.45) is 5.16 Å². The van der Waals surface area contributed by atoms with Gasteiger partial charge in [-0.1, -0.05) is 41.0 Å². The standard InChI is InChI=1S/C23H17ClFN3O/c1-14-10-16(25)6-8-18(14)23(28-29)20-9-7-17(11-21(20)24)27-22-13-26-12-15-4-2-3-5-19(15)22/h2-13,27,29H,1H3. The van der Waals surface area contributed by atoms with Crippen LogP contribution in [0, 0.1) is 12.7 Å². The molecule has 4 nitrogen and oxygen atoms in total. The maximum Gasteiger partial charge on any atom is 0.123 e. The van der Waals surface area contributed by atoms with Crippen LogP contribution in [0.15, 0.2) is 78.2 Å². The Kier molecular flexibility index (Phi) is 5.14. The molecule has 0 unspecified atom stereocenters. The largest absolute Gasteiger partial charge is 0.410 e. The van der Waals surface area contributed by atoms with Crippen molar-refractivity contribution in [1.29, 1.82) is 0 Å². The fraction of sp³-hybridized carbons (Fsp3) is 0.0435. The van der Waals surface area contributed by atoms with Gasteiger partial charge in [0.25, 0.3) is 0 Å². The van der Waals surface area contributed by atoms with Gasteiger partial charge < -0.3 is 10.5 Å². The van der Waals surface area contributed by atoms with E-state index >= 15 is 0 Å². The molecule has 0 aliphatic heterocycles. The van der Waals surface area contributed by atoms with Gasteiger partial charge in [-0.3, -0.25) is 4.98 Å². The lowest BCUT2D eigenvalue weighted by molar-refractivity contribution is 0.319. The summed E-state index contributed by atoms with van der Waals surface area (Å²) in [6.45, 7) is 1.75. The summed E-state index contributed by atoms with van der Waals surface area (Å²) in [5.74, 6) is -0.349. The summed E-state index contributed by atoms with van der Waals surface area (Å²) in [6, 6.07) is 17.6. The van der Waals surface area contributed by atoms with Crippen molar-refractivity contribution in [1.82, 2.24) is 4.98 Å². The van der Waals surface area contributed by atoms with Crippen LogP contribution in [-0.2, 0) is 0 Å². The van der Waals surface area contributed by atoms with Crippen molar-refractivity contribution in [3.8, 4) is 0 Å². The molecule has 0 amide bonds. The summed E-state index contributed by atoms with van der Waals surface area (Å²) in [7, 11) is 0. The predicted octanol–water partition coefficient (Wildman–Crippen LogP) is 6.31. The summed E-state index contributed by atoms with van der Waals surface area (Å²) < 4.78 is 13.4. The topological polar surface area (TPSA) is 57.5 Å². The second-order valence-corrected chi connectivity index (χ2v) is 7.04. The lowest BCUT2D eigenvalue weighted by atomic mass is 9.98. The Morgan fingerprint density at radius 1 is 1.03 bits per heavy atom. The zero-order chi connectivity index (χ0) is 20.4. The number of hydrogen-bond donors (Lipinski definition) is 2. The molecule has 3 aromatic carbocycles. The number of aromatic nitrogens is 1. The van der Waals surface area contributed by atoms with Gasteiger partial charge in [-0.05, 0) is 48.9 Å². The number of nitrogens with zero attached hydrogens (tertiary/aromatic N) is 2. The molecule has 0 atom stereocenters. The Bertz CT molecular complexity index is 1230. The monoisotopic (exact) mass is 405 g/mol. The third kappa shape index (κ3) is 3.77. The number of fused-ring (bicyclic) bond motifs is 1. The summed E-state index contributed by atoms with van der Waals surface area (Å²) in [6.07, 6.45) is 3.57. The number of halogens is 2. The number of benzene rings is 3. The zero-order valence-electron chi connectivity index (χ0n) is 15.5. The molecular formula is C23H17ClFN3O. The van der Waals surface area contributed by atoms with Crippen LogP contribution in [0.25, 0.3) is 10.8 Å². The molecule has 2 N–H and O–H groups in total. The number of pyridine rings is 1. The minimum absolute atomic E-state index is 0.283. The van der Waals surface area contributed by atoms with E-state index in [0.717, 1.165) is 22.1 Å². The number of rotatable bonds is 4. The number of hydrogen-bond acceptors (Lipinski definition) is 4. The SMILES string of the molecule is Cc1cc(F)ccc1C(=NO)c1ccc(Nc2cncc3ccccc23)cc1Cl. The van der Waals surface area contributed by atoms with Crippen molar-refractivity contribution in [3.63, 3.8) is 0 Å². The number of nitrogens with one attached hydrogen (secondary N) is 1. The van der Waals surface area contributed by atoms with Crippen molar-refractivity contribution < 1.29 is 9.60 Å². The van der Waals surface area contributed by atoms with Crippen LogP contribution in [0.2, 0.25) is 5.02 Å². The maximum absolute atomic E-state index is 13.4. The lowest BCUT2D eigenvalue weighted by Crippen LogP contribution is -2.07. The first-order valence-corrected chi connectivity index (χ1v) is 9.33. The van der Waals surface area contributed by atoms with Crippen LogP contribution in [0.3, 0.4) is 0 Å². The van der Waals surface area contributed by atoms with Crippen LogP contribution in [0.5, 0.6) is 0 Å². The molecule has 6 heteroatoms. The van der Waals surface area contributed by atoms with Crippen LogP contribution < -0.4 is 5.32 Å². The Labute approximate surface area is 172 Å². The van der Waals surface area contributed by atoms with Gasteiger partial charge in [-0.2, -0.15) is 0 Å². The quantitative estimate of drug-likeness (QED) is 0.238. The van der Waals surface area contributed by atoms with Crippen LogP contribution in [-0.4, -0.2) is 15.9 Å². The molecule has 0 saturated carbocycles. The highest BCUT2D eigenvalue weighted by atomic mass is 35.5. The summed E-state index contributed by atoms with van der Waals surface area (Å²) >= 11 is 6.50. The van der Waals surface area contributed by atoms with Gasteiger partial charge in [0.2, 0.25) is 0 Å². The molecule has 0 bridgehead atoms. The molecule has 1 heterocycles. The van der Waals surface area contributed by atoms with Gasteiger partial charge in [-0.15, -0.1) is 0 Å². The normalized spacial score (nSPS) is 11.6. The third-order valence-electron chi connectivity index (χ3n) is 4.72. The first-order chi connectivity index (χ1) is 14.1. The van der Waals surface area contributed by atoms with Gasteiger partial charge in [-0.25, -0.2) is 4.39 Å². The van der Waals surface area contributed by atoms with E-state index in [9.17, 15) is 9.60 Å². The summed E-state index contributed by atoms with van der Waals surface area (Å²) in [5, 5.41) is 18.8. The molecule has 0 spiro atoms. The number of anilines is 2. The Balaban J connectivity index is 1.69. The molecule has 4 aromatic rings. The average Bonchev–Trinajstić information content (AvgIpc) is 2.71. The van der Waals surface area contributed by atoms with E-state index in [1.807, 2.05) is 36.5 Å². The molecule has 29 heavy (non-hydrogen) atoms. The van der Waals surface area contributed by atoms with Crippen molar-refractivity contribution in [2.75, 3.05) is 5.32 Å². The second kappa shape index (κ2) is 7.89. The van der Waals surface area contributed by atoms with Crippen molar-refractivity contribution in [2.45, 2.75) is 6.92 Å². The minimum atomic E-state index is -0.349. The summed E-state index contributed by atoms with van der Waals surface area (Å²) in [5.41, 5.74) is 3.71. The molecule has 0 aliphatic rings. The average molecular weight is 406 g/mol. The van der Waals surface area contributed by atoms with Crippen LogP contribution in [0.4, 0.5) is 15.8 Å². The lowest BCUT2D eigenvalue weighted by Gasteiger charge is -2.13. The Morgan fingerprint density at radius 2 is 1.83 bits per heavy atom. The minimum Gasteiger partial charge on any atom is -0.410 e. The third-order valence-corrected chi connectivity index (χ3v) is 5.03. The van der Waals surface area contributed by atoms with Gasteiger partial charge >= 0.3 is 0 Å². The van der Waals surface area contributed by atoms with Crippen LogP contribution >= 0.6 is 11.6 Å². The van der Waals surface area contributed by atoms with Crippen molar-refractivity contribution >= 4 is 39.5 Å². The van der Waals surface area contributed by atoms with E-state index in [1.54, 1.807) is 31.3 Å². The smallest absolute Gasteiger partial charge is 0.123 e. The summed E-state index contributed by atoms with van der Waals surface area (Å²) in [4.78, 5) is 4.27. The fourth-order valence-corrected chi connectivity index (χ4v) is 3.57. The molecule has 0 saturated heterocycles. The highest BCUT2D eigenvalue weighted by molar-refractivity contribution is 6.35. The van der Waals surface area contributed by atoms with E-state index in [2.05, 4.69) is 15.5 Å². The zero-order valence-corrected chi connectivity index (χ0v) is 16.3. The van der Waals surface area contributed by atoms with E-state index < -0.39 is 0 Å². The molecule has 0 fully saturated rings. The molecule has 4 rings (SSSR count). The molecule has 144 valence electrons. The second-order valence-electron chi connectivity index (χ2n) is 6.64. The van der Waals surface area contributed by atoms with E-state index in [0.29, 0.717) is 21.7 Å². The molecular weight excluding hydrogens is 389 g/mol. The van der Waals surface area contributed by atoms with E-state index in [4.69, 9.17) is 11.6 Å². The van der Waals surface area contributed by atoms with Gasteiger partial charge in [0.1, 0.15) is 11.5 Å². The number of aryl methyl sites for hydroxylation is 1. The van der Waals surface area contributed by atoms with Gasteiger partial charge in [0, 0.05) is 33.8 Å². The van der Waals surface area contributed by atoms with E-state index in [-0.39, 0.29) is 11.5 Å². The van der Waals surface area contributed by atoms with Crippen molar-refractivity contribution in [3.05, 3.63) is 101 Å². The number of oxime groups is 1. The van der Waals surface area contributed by atoms with Crippen LogP contribution in [0.1, 0.15) is 16.7 Å². The molecule has 0 aliphatic carbocycles. The fourth-order valence-electron chi connectivity index (χ4n) is 3.30. The van der Waals surface area contributed by atoms with Gasteiger partial charge in [0.05, 0.1) is 16.9 Å². The highest BCUT2D eigenvalue weighted by Gasteiger charge is 2.15. The first-order valence-electron chi connectivity index (χ1n) is 8.95. The first kappa shape index (κ1) is 18.9. The molecule has 1 aromatic heterocycles. The van der Waals surface area contributed by atoms with Gasteiger partial charge in [0.15, 0.2) is 0 Å². The Morgan fingerprint density at radius 3 is 2.59 bits per heavy atom.